The summed E-state index contributed by atoms with van der Waals surface area (Å²) in [4.78, 5) is 12.8. The molecule has 2 aromatic heterocycles. The SMILES string of the molecule is O=C(Nc1ccnn1Cc1ccc(Cl)c(F)c1)c1sccc1SC(F)F. The van der Waals surface area contributed by atoms with E-state index in [1.165, 1.54) is 29.1 Å². The molecule has 0 aliphatic carbocycles. The summed E-state index contributed by atoms with van der Waals surface area (Å²) in [7, 11) is 0. The molecule has 26 heavy (non-hydrogen) atoms. The summed E-state index contributed by atoms with van der Waals surface area (Å²) in [6.45, 7) is 0.208. The number of alkyl halides is 2. The first-order chi connectivity index (χ1) is 12.4. The lowest BCUT2D eigenvalue weighted by Crippen LogP contribution is -2.16. The van der Waals surface area contributed by atoms with Gasteiger partial charge in [0.1, 0.15) is 16.5 Å². The van der Waals surface area contributed by atoms with E-state index in [0.29, 0.717) is 23.1 Å². The minimum absolute atomic E-state index is 0.0181. The number of thiophene rings is 1. The summed E-state index contributed by atoms with van der Waals surface area (Å²) in [5.74, 6) is -3.30. The fourth-order valence-corrected chi connectivity index (χ4v) is 3.91. The molecule has 0 radical (unpaired) electrons. The Balaban J connectivity index is 1.75. The van der Waals surface area contributed by atoms with Gasteiger partial charge in [-0.15, -0.1) is 11.3 Å². The van der Waals surface area contributed by atoms with Crippen LogP contribution in [0.1, 0.15) is 15.2 Å². The molecule has 0 saturated carbocycles. The number of carbonyl (C=O) groups is 1. The van der Waals surface area contributed by atoms with Crippen LogP contribution in [0, 0.1) is 5.82 Å². The van der Waals surface area contributed by atoms with Crippen LogP contribution in [0.3, 0.4) is 0 Å². The second kappa shape index (κ2) is 8.15. The number of halogens is 4. The van der Waals surface area contributed by atoms with Crippen molar-refractivity contribution in [1.82, 2.24) is 9.78 Å². The molecule has 0 atom stereocenters. The van der Waals surface area contributed by atoms with Gasteiger partial charge in [-0.3, -0.25) is 4.79 Å². The van der Waals surface area contributed by atoms with E-state index in [9.17, 15) is 18.0 Å². The van der Waals surface area contributed by atoms with E-state index in [0.717, 1.165) is 11.3 Å². The standard InChI is InChI=1S/C16H11ClF3N3OS2/c17-10-2-1-9(7-11(10)18)8-23-13(3-5-21-23)22-15(24)14-12(4-6-25-14)26-16(19)20/h1-7,16H,8H2,(H,22,24). The molecule has 0 aliphatic heterocycles. The van der Waals surface area contributed by atoms with Gasteiger partial charge >= 0.3 is 0 Å². The third-order valence-corrected chi connectivity index (χ3v) is 5.45. The maximum Gasteiger partial charge on any atom is 0.288 e. The van der Waals surface area contributed by atoms with Crippen LogP contribution in [0.5, 0.6) is 0 Å². The molecule has 10 heteroatoms. The molecule has 0 bridgehead atoms. The molecule has 136 valence electrons. The average molecular weight is 418 g/mol. The Kier molecular flexibility index (Phi) is 5.90. The highest BCUT2D eigenvalue weighted by molar-refractivity contribution is 7.99. The number of thioether (sulfide) groups is 1. The molecule has 0 unspecified atom stereocenters. The van der Waals surface area contributed by atoms with Gasteiger partial charge in [-0.05, 0) is 29.1 Å². The summed E-state index contributed by atoms with van der Waals surface area (Å²) in [6, 6.07) is 7.41. The summed E-state index contributed by atoms with van der Waals surface area (Å²) in [5, 5.41) is 8.34. The van der Waals surface area contributed by atoms with E-state index in [1.54, 1.807) is 17.5 Å². The number of hydrogen-bond donors (Lipinski definition) is 1. The lowest BCUT2D eigenvalue weighted by Gasteiger charge is -2.10. The van der Waals surface area contributed by atoms with Crippen LogP contribution in [0.25, 0.3) is 0 Å². The maximum atomic E-state index is 13.6. The zero-order valence-corrected chi connectivity index (χ0v) is 15.3. The zero-order valence-electron chi connectivity index (χ0n) is 13.0. The number of anilines is 1. The molecule has 3 aromatic rings. The van der Waals surface area contributed by atoms with E-state index in [2.05, 4.69) is 10.4 Å². The normalized spacial score (nSPS) is 11.1. The highest BCUT2D eigenvalue weighted by atomic mass is 35.5. The van der Waals surface area contributed by atoms with Crippen molar-refractivity contribution >= 4 is 46.4 Å². The van der Waals surface area contributed by atoms with Crippen molar-refractivity contribution in [3.63, 3.8) is 0 Å². The van der Waals surface area contributed by atoms with Gasteiger partial charge in [0, 0.05) is 11.0 Å². The number of hydrogen-bond acceptors (Lipinski definition) is 4. The van der Waals surface area contributed by atoms with Crippen LogP contribution < -0.4 is 5.32 Å². The molecule has 3 rings (SSSR count). The molecular weight excluding hydrogens is 407 g/mol. The lowest BCUT2D eigenvalue weighted by atomic mass is 10.2. The molecule has 4 nitrogen and oxygen atoms in total. The third-order valence-electron chi connectivity index (χ3n) is 3.33. The van der Waals surface area contributed by atoms with Crippen molar-refractivity contribution in [2.75, 3.05) is 5.32 Å². The fourth-order valence-electron chi connectivity index (χ4n) is 2.20. The first kappa shape index (κ1) is 18.8. The van der Waals surface area contributed by atoms with E-state index < -0.39 is 17.5 Å². The van der Waals surface area contributed by atoms with Crippen LogP contribution in [-0.2, 0) is 6.54 Å². The number of nitrogens with one attached hydrogen (secondary N) is 1. The van der Waals surface area contributed by atoms with Gasteiger partial charge < -0.3 is 5.32 Å². The van der Waals surface area contributed by atoms with Crippen molar-refractivity contribution in [3.8, 4) is 0 Å². The van der Waals surface area contributed by atoms with E-state index in [1.807, 2.05) is 0 Å². The molecular formula is C16H11ClF3N3OS2. The zero-order chi connectivity index (χ0) is 18.7. The van der Waals surface area contributed by atoms with Crippen LogP contribution in [0.15, 0.2) is 46.8 Å². The predicted molar refractivity (Wildman–Crippen MR) is 96.9 cm³/mol. The van der Waals surface area contributed by atoms with E-state index in [-0.39, 0.29) is 21.3 Å². The largest absolute Gasteiger partial charge is 0.306 e. The van der Waals surface area contributed by atoms with Crippen molar-refractivity contribution < 1.29 is 18.0 Å². The topological polar surface area (TPSA) is 46.9 Å². The Bertz CT molecular complexity index is 929. The Hall–Kier alpha value is -1.97. The first-order valence-electron chi connectivity index (χ1n) is 7.23. The molecule has 1 N–H and O–H groups in total. The van der Waals surface area contributed by atoms with Crippen molar-refractivity contribution in [2.24, 2.45) is 0 Å². The minimum atomic E-state index is -2.61. The highest BCUT2D eigenvalue weighted by Crippen LogP contribution is 2.32. The Morgan fingerprint density at radius 3 is 2.88 bits per heavy atom. The van der Waals surface area contributed by atoms with Gasteiger partial charge in [-0.25, -0.2) is 9.07 Å². The van der Waals surface area contributed by atoms with Crippen LogP contribution >= 0.6 is 34.7 Å². The molecule has 2 heterocycles. The number of nitrogens with zero attached hydrogens (tertiary/aromatic N) is 2. The molecule has 0 saturated heterocycles. The van der Waals surface area contributed by atoms with Gasteiger partial charge in [-0.2, -0.15) is 13.9 Å². The molecule has 1 amide bonds. The number of rotatable bonds is 6. The van der Waals surface area contributed by atoms with Crippen LogP contribution in [0.2, 0.25) is 5.02 Å². The van der Waals surface area contributed by atoms with Gasteiger partial charge in [0.2, 0.25) is 0 Å². The highest BCUT2D eigenvalue weighted by Gasteiger charge is 2.18. The van der Waals surface area contributed by atoms with Crippen LogP contribution in [0.4, 0.5) is 19.0 Å². The quantitative estimate of drug-likeness (QED) is 0.550. The van der Waals surface area contributed by atoms with Gasteiger partial charge in [0.25, 0.3) is 11.7 Å². The van der Waals surface area contributed by atoms with E-state index >= 15 is 0 Å². The first-order valence-corrected chi connectivity index (χ1v) is 9.37. The average Bonchev–Trinajstić information content (AvgIpc) is 3.20. The second-order valence-corrected chi connectivity index (χ2v) is 7.42. The van der Waals surface area contributed by atoms with Crippen molar-refractivity contribution in [1.29, 1.82) is 0 Å². The Labute approximate surface area is 160 Å². The summed E-state index contributed by atoms with van der Waals surface area (Å²) in [6.07, 6.45) is 1.48. The maximum absolute atomic E-state index is 13.6. The monoisotopic (exact) mass is 417 g/mol. The summed E-state index contributed by atoms with van der Waals surface area (Å²) in [5.41, 5.74) is 0.608. The van der Waals surface area contributed by atoms with E-state index in [4.69, 9.17) is 11.6 Å². The number of carbonyl (C=O) groups excluding carboxylic acids is 1. The predicted octanol–water partition coefficient (Wildman–Crippen LogP) is 5.35. The molecule has 0 fully saturated rings. The summed E-state index contributed by atoms with van der Waals surface area (Å²) >= 11 is 7.06. The van der Waals surface area contributed by atoms with Crippen molar-refractivity contribution in [2.45, 2.75) is 17.2 Å². The molecule has 1 aromatic carbocycles. The van der Waals surface area contributed by atoms with Crippen molar-refractivity contribution in [3.05, 3.63) is 63.2 Å². The second-order valence-electron chi connectivity index (χ2n) is 5.07. The molecule has 0 aliphatic rings. The van der Waals surface area contributed by atoms with Gasteiger partial charge in [-0.1, -0.05) is 29.4 Å². The number of aromatic nitrogens is 2. The lowest BCUT2D eigenvalue weighted by molar-refractivity contribution is 0.102. The summed E-state index contributed by atoms with van der Waals surface area (Å²) < 4.78 is 40.2. The number of amides is 1. The molecule has 0 spiro atoms. The fraction of sp³-hybridized carbons (Fsp3) is 0.125. The Morgan fingerprint density at radius 2 is 2.15 bits per heavy atom. The van der Waals surface area contributed by atoms with Gasteiger partial charge in [0.05, 0.1) is 17.8 Å². The smallest absolute Gasteiger partial charge is 0.288 e. The van der Waals surface area contributed by atoms with Gasteiger partial charge in [0.15, 0.2) is 0 Å². The third kappa shape index (κ3) is 4.40. The minimum Gasteiger partial charge on any atom is -0.306 e. The Morgan fingerprint density at radius 1 is 1.35 bits per heavy atom. The number of benzene rings is 1. The van der Waals surface area contributed by atoms with Crippen LogP contribution in [-0.4, -0.2) is 21.4 Å².